The summed E-state index contributed by atoms with van der Waals surface area (Å²) in [6.45, 7) is 13.9. The predicted octanol–water partition coefficient (Wildman–Crippen LogP) is 3.91. The summed E-state index contributed by atoms with van der Waals surface area (Å²) in [5, 5.41) is 44.2. The average Bonchev–Trinajstić information content (AvgIpc) is 3.05. The standard InChI is InChI=1S/C36H63N3O9/c1-12-27-36(8,44)31(42)22(4)28(38-37-25-16-14-13-15-17-25)20(2)19-35(7,45-11)32(23(5)29(40)24(6)33(43)47-27)48-34-30(41)26(39(9)10)18-21(3)46-34/h20-24,26-27,30-32,34,41-42,44H,12-19H2,1-11H3. The zero-order chi connectivity index (χ0) is 36.1. The van der Waals surface area contributed by atoms with E-state index in [-0.39, 0.29) is 30.9 Å². The first kappa shape index (κ1) is 40.6. The second-order valence-corrected chi connectivity index (χ2v) is 15.2. The molecule has 3 aliphatic rings. The Bertz CT molecular complexity index is 1150. The first-order valence-electron chi connectivity index (χ1n) is 17.9. The number of carbonyl (C=O) groups excluding carboxylic acids is 2. The number of hydrogen-bond acceptors (Lipinski definition) is 12. The SMILES string of the molecule is CCC1OC(=O)C(C)C(=O)C(C)C(OC2OC(C)CC(N(C)C)C2O)C(C)(OC)CC(C)C(=NN=C2CCCCC2)C(C)C(O)C1(C)O. The zero-order valence-corrected chi connectivity index (χ0v) is 31.1. The molecular weight excluding hydrogens is 618 g/mol. The smallest absolute Gasteiger partial charge is 0.316 e. The van der Waals surface area contributed by atoms with Crippen molar-refractivity contribution in [3.63, 3.8) is 0 Å². The van der Waals surface area contributed by atoms with Crippen LogP contribution in [0.25, 0.3) is 0 Å². The molecule has 1 saturated carbocycles. The lowest BCUT2D eigenvalue weighted by molar-refractivity contribution is -0.295. The van der Waals surface area contributed by atoms with Gasteiger partial charge in [0.15, 0.2) is 12.1 Å². The minimum Gasteiger partial charge on any atom is -0.459 e. The first-order chi connectivity index (χ1) is 22.4. The topological polar surface area (TPSA) is 160 Å². The summed E-state index contributed by atoms with van der Waals surface area (Å²) in [5.41, 5.74) is -1.49. The van der Waals surface area contributed by atoms with Gasteiger partial charge in [0.05, 0.1) is 23.9 Å². The van der Waals surface area contributed by atoms with Gasteiger partial charge in [0.2, 0.25) is 0 Å². The number of ketones is 1. The van der Waals surface area contributed by atoms with E-state index in [1.165, 1.54) is 13.8 Å². The van der Waals surface area contributed by atoms with E-state index < -0.39 is 71.4 Å². The number of rotatable bonds is 6. The van der Waals surface area contributed by atoms with Crippen LogP contribution in [0.2, 0.25) is 0 Å². The van der Waals surface area contributed by atoms with Gasteiger partial charge >= 0.3 is 5.97 Å². The summed E-state index contributed by atoms with van der Waals surface area (Å²) in [6, 6.07) is -0.247. The summed E-state index contributed by atoms with van der Waals surface area (Å²) < 4.78 is 24.8. The predicted molar refractivity (Wildman–Crippen MR) is 184 cm³/mol. The molecule has 48 heavy (non-hydrogen) atoms. The van der Waals surface area contributed by atoms with Crippen LogP contribution in [0.4, 0.5) is 0 Å². The number of aliphatic hydroxyl groups is 3. The molecule has 3 rings (SSSR count). The molecule has 0 bridgehead atoms. The normalized spacial score (nSPS) is 43.6. The minimum absolute atomic E-state index is 0.207. The number of likely N-dealkylation sites (N-methyl/N-ethyl adjacent to an activating group) is 1. The van der Waals surface area contributed by atoms with Crippen molar-refractivity contribution in [1.82, 2.24) is 4.90 Å². The average molecular weight is 682 g/mol. The van der Waals surface area contributed by atoms with Crippen molar-refractivity contribution in [2.75, 3.05) is 21.2 Å². The molecule has 2 heterocycles. The molecule has 2 saturated heterocycles. The third-order valence-corrected chi connectivity index (χ3v) is 11.1. The molecule has 12 heteroatoms. The Labute approximate surface area is 287 Å². The van der Waals surface area contributed by atoms with Crippen molar-refractivity contribution in [3.05, 3.63) is 0 Å². The molecule has 3 N–H and O–H groups in total. The van der Waals surface area contributed by atoms with E-state index in [4.69, 9.17) is 24.0 Å². The Balaban J connectivity index is 2.17. The Hall–Kier alpha value is -1.80. The Morgan fingerprint density at radius 3 is 2.17 bits per heavy atom. The molecule has 0 amide bonds. The number of nitrogens with zero attached hydrogens (tertiary/aromatic N) is 3. The maximum absolute atomic E-state index is 14.1. The maximum Gasteiger partial charge on any atom is 0.316 e. The number of Topliss-reactive ketones (excluding diaryl/α,β-unsaturated/α-hetero) is 1. The van der Waals surface area contributed by atoms with E-state index >= 15 is 0 Å². The van der Waals surface area contributed by atoms with Gasteiger partial charge in [-0.15, -0.1) is 0 Å². The van der Waals surface area contributed by atoms with Crippen LogP contribution < -0.4 is 0 Å². The van der Waals surface area contributed by atoms with Crippen molar-refractivity contribution >= 4 is 23.2 Å². The lowest BCUT2D eigenvalue weighted by Crippen LogP contribution is -2.60. The molecule has 13 unspecified atom stereocenters. The second kappa shape index (κ2) is 16.9. The number of ether oxygens (including phenoxy) is 4. The largest absolute Gasteiger partial charge is 0.459 e. The van der Waals surface area contributed by atoms with E-state index in [1.807, 2.05) is 39.8 Å². The molecule has 0 radical (unpaired) electrons. The monoisotopic (exact) mass is 681 g/mol. The maximum atomic E-state index is 14.1. The van der Waals surface area contributed by atoms with Gasteiger partial charge in [0, 0.05) is 36.4 Å². The Kier molecular flexibility index (Phi) is 14.3. The van der Waals surface area contributed by atoms with Crippen LogP contribution >= 0.6 is 0 Å². The molecule has 0 aromatic heterocycles. The number of cyclic esters (lactones) is 1. The molecule has 3 fully saturated rings. The van der Waals surface area contributed by atoms with Gasteiger partial charge in [-0.2, -0.15) is 10.2 Å². The summed E-state index contributed by atoms with van der Waals surface area (Å²) in [7, 11) is 5.32. The quantitative estimate of drug-likeness (QED) is 0.213. The molecule has 0 aromatic rings. The van der Waals surface area contributed by atoms with Crippen LogP contribution in [0.3, 0.4) is 0 Å². The molecule has 2 aliphatic heterocycles. The Morgan fingerprint density at radius 1 is 0.979 bits per heavy atom. The van der Waals surface area contributed by atoms with Crippen LogP contribution in [0.15, 0.2) is 10.2 Å². The van der Waals surface area contributed by atoms with Crippen molar-refractivity contribution in [3.8, 4) is 0 Å². The molecule has 1 aliphatic carbocycles. The zero-order valence-electron chi connectivity index (χ0n) is 31.1. The lowest BCUT2D eigenvalue weighted by Gasteiger charge is -2.47. The van der Waals surface area contributed by atoms with Gasteiger partial charge < -0.3 is 39.2 Å². The highest BCUT2D eigenvalue weighted by atomic mass is 16.7. The van der Waals surface area contributed by atoms with Gasteiger partial charge in [-0.3, -0.25) is 9.59 Å². The molecule has 0 spiro atoms. The fourth-order valence-electron chi connectivity index (χ4n) is 7.82. The summed E-state index contributed by atoms with van der Waals surface area (Å²) >= 11 is 0. The summed E-state index contributed by atoms with van der Waals surface area (Å²) in [6.07, 6.45) is 0.270. The Morgan fingerprint density at radius 2 is 1.60 bits per heavy atom. The molecule has 0 aromatic carbocycles. The van der Waals surface area contributed by atoms with Gasteiger partial charge in [0.25, 0.3) is 0 Å². The van der Waals surface area contributed by atoms with Gasteiger partial charge in [-0.25, -0.2) is 0 Å². The highest BCUT2D eigenvalue weighted by Gasteiger charge is 2.51. The van der Waals surface area contributed by atoms with Crippen molar-refractivity contribution < 1.29 is 43.9 Å². The van der Waals surface area contributed by atoms with Crippen LogP contribution in [0, 0.1) is 23.7 Å². The first-order valence-corrected chi connectivity index (χ1v) is 17.9. The van der Waals surface area contributed by atoms with Gasteiger partial charge in [-0.1, -0.05) is 34.1 Å². The van der Waals surface area contributed by atoms with Crippen LogP contribution in [0.5, 0.6) is 0 Å². The highest BCUT2D eigenvalue weighted by Crippen LogP contribution is 2.38. The van der Waals surface area contributed by atoms with Gasteiger partial charge in [0.1, 0.15) is 23.7 Å². The fraction of sp³-hybridized carbons (Fsp3) is 0.889. The summed E-state index contributed by atoms with van der Waals surface area (Å²) in [5.74, 6) is -4.42. The second-order valence-electron chi connectivity index (χ2n) is 15.2. The van der Waals surface area contributed by atoms with Crippen molar-refractivity contribution in [2.45, 2.75) is 161 Å². The van der Waals surface area contributed by atoms with E-state index in [9.17, 15) is 24.9 Å². The number of carbonyl (C=O) groups is 2. The number of methoxy groups -OCH3 is 1. The van der Waals surface area contributed by atoms with Crippen LogP contribution in [0.1, 0.15) is 107 Å². The number of aliphatic hydroxyl groups excluding tert-OH is 2. The van der Waals surface area contributed by atoms with Crippen LogP contribution in [-0.2, 0) is 28.5 Å². The molecular formula is C36H63N3O9. The fourth-order valence-corrected chi connectivity index (χ4v) is 7.82. The number of hydrogen-bond donors (Lipinski definition) is 3. The third-order valence-electron chi connectivity index (χ3n) is 11.1. The van der Waals surface area contributed by atoms with Crippen molar-refractivity contribution in [1.29, 1.82) is 0 Å². The molecule has 12 nitrogen and oxygen atoms in total. The molecule has 276 valence electrons. The highest BCUT2D eigenvalue weighted by molar-refractivity contribution is 6.00. The van der Waals surface area contributed by atoms with Gasteiger partial charge in [-0.05, 0) is 92.7 Å². The number of esters is 1. The summed E-state index contributed by atoms with van der Waals surface area (Å²) in [4.78, 5) is 29.5. The van der Waals surface area contributed by atoms with Crippen molar-refractivity contribution in [2.24, 2.45) is 33.9 Å². The van der Waals surface area contributed by atoms with E-state index in [1.54, 1.807) is 27.9 Å². The third kappa shape index (κ3) is 9.10. The van der Waals surface area contributed by atoms with Crippen LogP contribution in [-0.4, -0.2) is 119 Å². The lowest BCUT2D eigenvalue weighted by atomic mass is 9.74. The minimum atomic E-state index is -1.86. The molecule has 13 atom stereocenters. The van der Waals surface area contributed by atoms with E-state index in [0.29, 0.717) is 12.1 Å². The van der Waals surface area contributed by atoms with E-state index in [2.05, 4.69) is 5.10 Å². The van der Waals surface area contributed by atoms with E-state index in [0.717, 1.165) is 37.8 Å².